The molecule has 0 atom stereocenters. The lowest BCUT2D eigenvalue weighted by Crippen LogP contribution is -1.93. The zero-order chi connectivity index (χ0) is 13.8. The first-order valence-corrected chi connectivity index (χ1v) is 7.73. The average molecular weight is 260 g/mol. The highest BCUT2D eigenvalue weighted by atomic mass is 16.5. The van der Waals surface area contributed by atoms with Crippen LogP contribution < -0.4 is 4.74 Å². The van der Waals surface area contributed by atoms with Gasteiger partial charge in [0.15, 0.2) is 0 Å². The van der Waals surface area contributed by atoms with Crippen LogP contribution in [0.2, 0.25) is 0 Å². The minimum Gasteiger partial charge on any atom is -0.462 e. The SMILES string of the molecule is C=C(CCCCCCCCCC)Oc1ccccc1. The lowest BCUT2D eigenvalue weighted by atomic mass is 10.1. The quantitative estimate of drug-likeness (QED) is 0.344. The van der Waals surface area contributed by atoms with E-state index in [1.54, 1.807) is 0 Å². The van der Waals surface area contributed by atoms with Gasteiger partial charge in [0.25, 0.3) is 0 Å². The van der Waals surface area contributed by atoms with Gasteiger partial charge in [0.1, 0.15) is 5.75 Å². The van der Waals surface area contributed by atoms with Crippen molar-refractivity contribution < 1.29 is 4.74 Å². The largest absolute Gasteiger partial charge is 0.462 e. The fraction of sp³-hybridized carbons (Fsp3) is 0.556. The first-order chi connectivity index (χ1) is 9.33. The van der Waals surface area contributed by atoms with Crippen LogP contribution >= 0.6 is 0 Å². The molecule has 106 valence electrons. The molecule has 0 amide bonds. The monoisotopic (exact) mass is 260 g/mol. The van der Waals surface area contributed by atoms with Gasteiger partial charge < -0.3 is 4.74 Å². The minimum absolute atomic E-state index is 0.886. The molecule has 0 fully saturated rings. The number of ether oxygens (including phenoxy) is 1. The maximum Gasteiger partial charge on any atom is 0.126 e. The second-order valence-corrected chi connectivity index (χ2v) is 5.18. The second-order valence-electron chi connectivity index (χ2n) is 5.18. The van der Waals surface area contributed by atoms with Crippen molar-refractivity contribution in [3.63, 3.8) is 0 Å². The summed E-state index contributed by atoms with van der Waals surface area (Å²) >= 11 is 0. The molecule has 1 heteroatoms. The summed E-state index contributed by atoms with van der Waals surface area (Å²) in [6.07, 6.45) is 11.7. The summed E-state index contributed by atoms with van der Waals surface area (Å²) in [4.78, 5) is 0. The molecule has 19 heavy (non-hydrogen) atoms. The van der Waals surface area contributed by atoms with Crippen LogP contribution in [0.4, 0.5) is 0 Å². The number of rotatable bonds is 11. The third kappa shape index (κ3) is 8.47. The van der Waals surface area contributed by atoms with Gasteiger partial charge in [-0.15, -0.1) is 0 Å². The summed E-state index contributed by atoms with van der Waals surface area (Å²) < 4.78 is 5.68. The molecule has 0 aromatic heterocycles. The van der Waals surface area contributed by atoms with Crippen LogP contribution in [-0.2, 0) is 0 Å². The first kappa shape index (κ1) is 15.8. The summed E-state index contributed by atoms with van der Waals surface area (Å²) in [6, 6.07) is 9.91. The zero-order valence-electron chi connectivity index (χ0n) is 12.4. The van der Waals surface area contributed by atoms with Crippen molar-refractivity contribution in [2.45, 2.75) is 64.7 Å². The lowest BCUT2D eigenvalue weighted by molar-refractivity contribution is 0.397. The molecule has 0 unspecified atom stereocenters. The highest BCUT2D eigenvalue weighted by Crippen LogP contribution is 2.16. The average Bonchev–Trinajstić information content (AvgIpc) is 2.43. The number of unbranched alkanes of at least 4 members (excludes halogenated alkanes) is 7. The number of hydrogen-bond donors (Lipinski definition) is 0. The molecule has 0 aliphatic heterocycles. The van der Waals surface area contributed by atoms with Crippen LogP contribution in [0.15, 0.2) is 42.7 Å². The van der Waals surface area contributed by atoms with Crippen molar-refractivity contribution in [3.05, 3.63) is 42.7 Å². The standard InChI is InChI=1S/C18H28O/c1-3-4-5-6-7-8-9-11-14-17(2)19-18-15-12-10-13-16-18/h10,12-13,15-16H,2-9,11,14H2,1H3. The Morgan fingerprint density at radius 2 is 1.47 bits per heavy atom. The predicted molar refractivity (Wildman–Crippen MR) is 83.4 cm³/mol. The molecule has 0 saturated heterocycles. The van der Waals surface area contributed by atoms with Gasteiger partial charge in [-0.3, -0.25) is 0 Å². The summed E-state index contributed by atoms with van der Waals surface area (Å²) in [5.41, 5.74) is 0. The van der Waals surface area contributed by atoms with Crippen molar-refractivity contribution in [2.75, 3.05) is 0 Å². The molecule has 1 nitrogen and oxygen atoms in total. The molecular weight excluding hydrogens is 232 g/mol. The van der Waals surface area contributed by atoms with Gasteiger partial charge in [0.05, 0.1) is 5.76 Å². The van der Waals surface area contributed by atoms with Crippen LogP contribution in [-0.4, -0.2) is 0 Å². The van der Waals surface area contributed by atoms with Crippen LogP contribution in [0.25, 0.3) is 0 Å². The highest BCUT2D eigenvalue weighted by molar-refractivity contribution is 5.22. The Bertz CT molecular complexity index is 329. The van der Waals surface area contributed by atoms with Gasteiger partial charge in [0, 0.05) is 6.42 Å². The smallest absolute Gasteiger partial charge is 0.126 e. The molecule has 0 radical (unpaired) electrons. The van der Waals surface area contributed by atoms with E-state index in [2.05, 4.69) is 13.5 Å². The molecule has 0 aliphatic rings. The van der Waals surface area contributed by atoms with Gasteiger partial charge in [0.2, 0.25) is 0 Å². The maximum absolute atomic E-state index is 5.68. The molecule has 1 rings (SSSR count). The van der Waals surface area contributed by atoms with Crippen LogP contribution in [0.3, 0.4) is 0 Å². The van der Waals surface area contributed by atoms with E-state index >= 15 is 0 Å². The molecule has 1 aromatic carbocycles. The van der Waals surface area contributed by atoms with E-state index in [0.717, 1.165) is 17.9 Å². The summed E-state index contributed by atoms with van der Waals surface area (Å²) in [5.74, 6) is 1.78. The second kappa shape index (κ2) is 10.7. The number of para-hydroxylation sites is 1. The molecule has 0 saturated carbocycles. The van der Waals surface area contributed by atoms with Crippen LogP contribution in [0.1, 0.15) is 64.7 Å². The van der Waals surface area contributed by atoms with E-state index in [1.807, 2.05) is 30.3 Å². The Morgan fingerprint density at radius 3 is 2.11 bits per heavy atom. The van der Waals surface area contributed by atoms with Crippen LogP contribution in [0, 0.1) is 0 Å². The number of benzene rings is 1. The Labute approximate surface area is 118 Å². The molecule has 0 N–H and O–H groups in total. The molecule has 0 bridgehead atoms. The summed E-state index contributed by atoms with van der Waals surface area (Å²) in [6.45, 7) is 6.25. The van der Waals surface area contributed by atoms with E-state index in [-0.39, 0.29) is 0 Å². The Hall–Kier alpha value is -1.24. The maximum atomic E-state index is 5.68. The highest BCUT2D eigenvalue weighted by Gasteiger charge is 1.98. The van der Waals surface area contributed by atoms with Gasteiger partial charge in [-0.1, -0.05) is 76.6 Å². The molecule has 0 spiro atoms. The Morgan fingerprint density at radius 1 is 0.895 bits per heavy atom. The topological polar surface area (TPSA) is 9.23 Å². The third-order valence-corrected chi connectivity index (χ3v) is 3.31. The third-order valence-electron chi connectivity index (χ3n) is 3.31. The fourth-order valence-corrected chi connectivity index (χ4v) is 2.16. The van der Waals surface area contributed by atoms with E-state index in [9.17, 15) is 0 Å². The normalized spacial score (nSPS) is 10.4. The first-order valence-electron chi connectivity index (χ1n) is 7.73. The van der Waals surface area contributed by atoms with Gasteiger partial charge in [-0.05, 0) is 18.6 Å². The van der Waals surface area contributed by atoms with E-state index < -0.39 is 0 Å². The van der Waals surface area contributed by atoms with Gasteiger partial charge >= 0.3 is 0 Å². The van der Waals surface area contributed by atoms with Crippen molar-refractivity contribution >= 4 is 0 Å². The summed E-state index contributed by atoms with van der Waals surface area (Å²) in [5, 5.41) is 0. The van der Waals surface area contributed by atoms with Crippen molar-refractivity contribution in [1.82, 2.24) is 0 Å². The van der Waals surface area contributed by atoms with E-state index in [0.29, 0.717) is 0 Å². The molecule has 1 aromatic rings. The van der Waals surface area contributed by atoms with E-state index in [1.165, 1.54) is 51.4 Å². The van der Waals surface area contributed by atoms with Crippen LogP contribution in [0.5, 0.6) is 5.75 Å². The molecule has 0 heterocycles. The zero-order valence-corrected chi connectivity index (χ0v) is 12.4. The van der Waals surface area contributed by atoms with E-state index in [4.69, 9.17) is 4.74 Å². The fourth-order valence-electron chi connectivity index (χ4n) is 2.16. The minimum atomic E-state index is 0.886. The van der Waals surface area contributed by atoms with Crippen molar-refractivity contribution in [1.29, 1.82) is 0 Å². The summed E-state index contributed by atoms with van der Waals surface area (Å²) in [7, 11) is 0. The molecular formula is C18H28O. The Kier molecular flexibility index (Phi) is 8.87. The lowest BCUT2D eigenvalue weighted by Gasteiger charge is -2.08. The number of allylic oxidation sites excluding steroid dienone is 1. The van der Waals surface area contributed by atoms with Gasteiger partial charge in [-0.25, -0.2) is 0 Å². The van der Waals surface area contributed by atoms with Crippen molar-refractivity contribution in [3.8, 4) is 5.75 Å². The Balaban J connectivity index is 1.96. The number of hydrogen-bond acceptors (Lipinski definition) is 1. The van der Waals surface area contributed by atoms with Gasteiger partial charge in [-0.2, -0.15) is 0 Å². The molecule has 0 aliphatic carbocycles. The van der Waals surface area contributed by atoms with Crippen molar-refractivity contribution in [2.24, 2.45) is 0 Å². The predicted octanol–water partition coefficient (Wildman–Crippen LogP) is 6.11.